The Hall–Kier alpha value is -3.55. The maximum Gasteiger partial charge on any atom is 0.416 e. The van der Waals surface area contributed by atoms with Crippen LogP contribution in [-0.2, 0) is 36.2 Å². The zero-order valence-electron chi connectivity index (χ0n) is 25.8. The van der Waals surface area contributed by atoms with Gasteiger partial charge in [0, 0.05) is 30.8 Å². The van der Waals surface area contributed by atoms with Crippen LogP contribution < -0.4 is 5.56 Å². The Balaban J connectivity index is 1.54. The zero-order chi connectivity index (χ0) is 32.6. The Kier molecular flexibility index (Phi) is 11.9. The van der Waals surface area contributed by atoms with Crippen LogP contribution in [0.2, 0.25) is 0 Å². The largest absolute Gasteiger partial charge is 0.416 e. The van der Waals surface area contributed by atoms with E-state index in [1.54, 1.807) is 16.2 Å². The molecule has 4 rings (SSSR count). The van der Waals surface area contributed by atoms with Crippen molar-refractivity contribution in [3.8, 4) is 11.1 Å². The van der Waals surface area contributed by atoms with Crippen molar-refractivity contribution in [1.29, 1.82) is 0 Å². The number of halogens is 3. The van der Waals surface area contributed by atoms with Crippen molar-refractivity contribution in [3.63, 3.8) is 0 Å². The number of hydrogen-bond acceptors (Lipinski definition) is 8. The van der Waals surface area contributed by atoms with Gasteiger partial charge in [0.1, 0.15) is 12.2 Å². The van der Waals surface area contributed by atoms with Gasteiger partial charge in [0.2, 0.25) is 5.91 Å². The molecule has 0 fully saturated rings. The molecule has 0 atom stereocenters. The fraction of sp³-hybridized carbons (Fsp3) is 0.406. The highest BCUT2D eigenvalue weighted by molar-refractivity contribution is 7.98. The van der Waals surface area contributed by atoms with Crippen molar-refractivity contribution in [3.05, 3.63) is 91.8 Å². The number of alkyl halides is 3. The molecule has 45 heavy (non-hydrogen) atoms. The lowest BCUT2D eigenvalue weighted by Crippen LogP contribution is -2.40. The van der Waals surface area contributed by atoms with Crippen molar-refractivity contribution in [2.45, 2.75) is 64.3 Å². The van der Waals surface area contributed by atoms with E-state index in [1.165, 1.54) is 28.6 Å². The van der Waals surface area contributed by atoms with E-state index in [0.29, 0.717) is 48.2 Å². The summed E-state index contributed by atoms with van der Waals surface area (Å²) in [5.74, 6) is 0.329. The van der Waals surface area contributed by atoms with Crippen molar-refractivity contribution in [2.24, 2.45) is 0 Å². The van der Waals surface area contributed by atoms with Crippen LogP contribution in [-0.4, -0.2) is 61.6 Å². The van der Waals surface area contributed by atoms with E-state index in [9.17, 15) is 22.8 Å². The monoisotopic (exact) mass is 658 g/mol. The van der Waals surface area contributed by atoms with Gasteiger partial charge < -0.3 is 9.80 Å². The molecule has 0 saturated heterocycles. The number of aromatic nitrogens is 4. The number of amides is 1. The minimum absolute atomic E-state index is 0.0827. The molecular weight excluding hydrogens is 622 g/mol. The van der Waals surface area contributed by atoms with Crippen molar-refractivity contribution < 1.29 is 18.0 Å². The SMILES string of the molecule is CCc1nn(CC(=O)N(CCN(CC)CC)Cc2ccc(-c3ccc(C(F)(F)F)cc3)cc2)c(SCc2csc(C)n2)nc1=O. The lowest BCUT2D eigenvalue weighted by Gasteiger charge is -2.27. The van der Waals surface area contributed by atoms with Crippen LogP contribution in [0, 0.1) is 6.92 Å². The fourth-order valence-electron chi connectivity index (χ4n) is 4.68. The standard InChI is InChI=1S/C32H37F3N6O2S2/c1-5-28-30(43)37-31(45-21-27-20-44-22(4)36-27)41(38-28)19-29(42)40(17-16-39(6-2)7-3)18-23-8-10-24(11-9-23)25-12-14-26(15-13-25)32(33,34)35/h8-15,20H,5-7,16-19,21H2,1-4H3. The highest BCUT2D eigenvalue weighted by Gasteiger charge is 2.30. The Morgan fingerprint density at radius 2 is 1.60 bits per heavy atom. The number of thioether (sulfide) groups is 1. The van der Waals surface area contributed by atoms with Gasteiger partial charge in [-0.05, 0) is 55.3 Å². The molecule has 0 aliphatic rings. The molecule has 0 radical (unpaired) electrons. The third kappa shape index (κ3) is 9.47. The fourth-order valence-corrected chi connectivity index (χ4v) is 6.23. The van der Waals surface area contributed by atoms with Gasteiger partial charge in [0.15, 0.2) is 5.16 Å². The second kappa shape index (κ2) is 15.6. The van der Waals surface area contributed by atoms with Gasteiger partial charge in [-0.1, -0.05) is 68.9 Å². The Morgan fingerprint density at radius 1 is 0.956 bits per heavy atom. The van der Waals surface area contributed by atoms with E-state index in [4.69, 9.17) is 0 Å². The summed E-state index contributed by atoms with van der Waals surface area (Å²) >= 11 is 2.87. The predicted octanol–water partition coefficient (Wildman–Crippen LogP) is 6.31. The van der Waals surface area contributed by atoms with E-state index in [0.717, 1.165) is 47.1 Å². The minimum Gasteiger partial charge on any atom is -0.335 e. The van der Waals surface area contributed by atoms with Crippen LogP contribution in [0.25, 0.3) is 11.1 Å². The molecule has 8 nitrogen and oxygen atoms in total. The van der Waals surface area contributed by atoms with Gasteiger partial charge in [-0.25, -0.2) is 9.67 Å². The average Bonchev–Trinajstić information content (AvgIpc) is 3.45. The van der Waals surface area contributed by atoms with Crippen LogP contribution in [0.4, 0.5) is 13.2 Å². The third-order valence-corrected chi connectivity index (χ3v) is 9.17. The lowest BCUT2D eigenvalue weighted by molar-refractivity contribution is -0.137. The van der Waals surface area contributed by atoms with Gasteiger partial charge >= 0.3 is 6.18 Å². The maximum atomic E-state index is 13.9. The average molecular weight is 659 g/mol. The minimum atomic E-state index is -4.39. The van der Waals surface area contributed by atoms with Crippen molar-refractivity contribution >= 4 is 29.0 Å². The Morgan fingerprint density at radius 3 is 2.16 bits per heavy atom. The number of carbonyl (C=O) groups excluding carboxylic acids is 1. The number of rotatable bonds is 14. The van der Waals surface area contributed by atoms with Crippen LogP contribution >= 0.6 is 23.1 Å². The molecule has 0 saturated carbocycles. The normalized spacial score (nSPS) is 11.7. The summed E-state index contributed by atoms with van der Waals surface area (Å²) in [6.07, 6.45) is -3.99. The van der Waals surface area contributed by atoms with E-state index in [1.807, 2.05) is 43.5 Å². The van der Waals surface area contributed by atoms with Crippen molar-refractivity contribution in [1.82, 2.24) is 29.5 Å². The molecule has 0 aliphatic heterocycles. The lowest BCUT2D eigenvalue weighted by atomic mass is 10.0. The van der Waals surface area contributed by atoms with Gasteiger partial charge in [-0.2, -0.15) is 23.3 Å². The molecule has 2 aromatic carbocycles. The predicted molar refractivity (Wildman–Crippen MR) is 172 cm³/mol. The first-order chi connectivity index (χ1) is 21.5. The summed E-state index contributed by atoms with van der Waals surface area (Å²) in [5.41, 5.74) is 2.41. The molecule has 13 heteroatoms. The summed E-state index contributed by atoms with van der Waals surface area (Å²) in [5, 5.41) is 7.77. The highest BCUT2D eigenvalue weighted by Crippen LogP contribution is 2.31. The molecule has 0 spiro atoms. The summed E-state index contributed by atoms with van der Waals surface area (Å²) in [6, 6.07) is 12.5. The smallest absolute Gasteiger partial charge is 0.335 e. The number of aryl methyl sites for hydroxylation is 2. The molecule has 0 aliphatic carbocycles. The second-order valence-electron chi connectivity index (χ2n) is 10.4. The van der Waals surface area contributed by atoms with Gasteiger partial charge in [0.05, 0.1) is 16.3 Å². The molecular formula is C32H37F3N6O2S2. The molecule has 0 bridgehead atoms. The first-order valence-corrected chi connectivity index (χ1v) is 16.7. The van der Waals surface area contributed by atoms with E-state index in [-0.39, 0.29) is 12.5 Å². The highest BCUT2D eigenvalue weighted by atomic mass is 32.2. The third-order valence-electron chi connectivity index (χ3n) is 7.35. The van der Waals surface area contributed by atoms with Crippen LogP contribution in [0.5, 0.6) is 0 Å². The maximum absolute atomic E-state index is 13.9. The second-order valence-corrected chi connectivity index (χ2v) is 12.4. The summed E-state index contributed by atoms with van der Waals surface area (Å²) in [7, 11) is 0. The van der Waals surface area contributed by atoms with Crippen LogP contribution in [0.1, 0.15) is 48.3 Å². The quantitative estimate of drug-likeness (QED) is 0.147. The van der Waals surface area contributed by atoms with E-state index >= 15 is 0 Å². The van der Waals surface area contributed by atoms with Gasteiger partial charge in [-0.15, -0.1) is 11.3 Å². The summed E-state index contributed by atoms with van der Waals surface area (Å²) in [6.45, 7) is 11.0. The Bertz CT molecular complexity index is 1620. The number of hydrogen-bond donors (Lipinski definition) is 0. The van der Waals surface area contributed by atoms with E-state index in [2.05, 4.69) is 33.8 Å². The molecule has 240 valence electrons. The molecule has 4 aromatic rings. The molecule has 2 heterocycles. The first kappa shape index (κ1) is 34.3. The van der Waals surface area contributed by atoms with E-state index < -0.39 is 17.3 Å². The summed E-state index contributed by atoms with van der Waals surface area (Å²) < 4.78 is 40.5. The number of carbonyl (C=O) groups is 1. The topological polar surface area (TPSA) is 84.2 Å². The van der Waals surface area contributed by atoms with Crippen molar-refractivity contribution in [2.75, 3.05) is 26.2 Å². The summed E-state index contributed by atoms with van der Waals surface area (Å²) in [4.78, 5) is 39.2. The Labute approximate surface area is 269 Å². The van der Waals surface area contributed by atoms with Gasteiger partial charge in [-0.3, -0.25) is 9.59 Å². The number of thiazole rings is 1. The van der Waals surface area contributed by atoms with Crippen LogP contribution in [0.15, 0.2) is 63.9 Å². The molecule has 1 amide bonds. The first-order valence-electron chi connectivity index (χ1n) is 14.8. The van der Waals surface area contributed by atoms with Crippen LogP contribution in [0.3, 0.4) is 0 Å². The number of nitrogens with zero attached hydrogens (tertiary/aromatic N) is 6. The molecule has 2 aromatic heterocycles. The number of benzene rings is 2. The van der Waals surface area contributed by atoms with Gasteiger partial charge in [0.25, 0.3) is 5.56 Å². The zero-order valence-corrected chi connectivity index (χ0v) is 27.4. The number of likely N-dealkylation sites (N-methyl/N-ethyl adjacent to an activating group) is 1. The molecule has 0 N–H and O–H groups in total. The molecule has 0 unspecified atom stereocenters.